The van der Waals surface area contributed by atoms with Gasteiger partial charge in [-0.1, -0.05) is 26.0 Å². The van der Waals surface area contributed by atoms with Crippen molar-refractivity contribution in [1.82, 2.24) is 10.6 Å². The minimum atomic E-state index is 0.539. The third kappa shape index (κ3) is 6.06. The largest absolute Gasteiger partial charge is 0.493 e. The molecule has 1 aromatic carbocycles. The van der Waals surface area contributed by atoms with Gasteiger partial charge in [0.05, 0.1) is 6.61 Å². The first kappa shape index (κ1) is 15.7. The monoisotopic (exact) mass is 289 g/mol. The maximum absolute atomic E-state index is 5.75. The lowest BCUT2D eigenvalue weighted by atomic mass is 10.2. The number of nitrogens with one attached hydrogen (secondary N) is 2. The number of ether oxygens (including phenoxy) is 1. The fourth-order valence-corrected chi connectivity index (χ4v) is 1.98. The maximum Gasteiger partial charge on any atom is 0.191 e. The fraction of sp³-hybridized carbons (Fsp3) is 0.588. The predicted molar refractivity (Wildman–Crippen MR) is 87.7 cm³/mol. The average molecular weight is 289 g/mol. The smallest absolute Gasteiger partial charge is 0.191 e. The van der Waals surface area contributed by atoms with Gasteiger partial charge in [0.25, 0.3) is 0 Å². The Labute approximate surface area is 128 Å². The van der Waals surface area contributed by atoms with Crippen molar-refractivity contribution >= 4 is 5.96 Å². The molecule has 1 aliphatic carbocycles. The summed E-state index contributed by atoms with van der Waals surface area (Å²) in [7, 11) is 1.81. The normalized spacial score (nSPS) is 15.1. The quantitative estimate of drug-likeness (QED) is 0.599. The van der Waals surface area contributed by atoms with Crippen LogP contribution in [0.1, 0.15) is 32.3 Å². The zero-order valence-electron chi connectivity index (χ0n) is 13.4. The molecule has 0 spiro atoms. The Hall–Kier alpha value is -1.71. The van der Waals surface area contributed by atoms with E-state index < -0.39 is 0 Å². The van der Waals surface area contributed by atoms with Gasteiger partial charge in [0.15, 0.2) is 5.96 Å². The van der Waals surface area contributed by atoms with E-state index >= 15 is 0 Å². The molecule has 0 heterocycles. The number of hydrogen-bond acceptors (Lipinski definition) is 2. The molecule has 116 valence electrons. The van der Waals surface area contributed by atoms with E-state index in [-0.39, 0.29) is 0 Å². The molecule has 4 nitrogen and oxygen atoms in total. The SMILES string of the molecule is CN=C(NCc1cccc(OCC(C)C)c1)NCC1CC1. The highest BCUT2D eigenvalue weighted by molar-refractivity contribution is 5.79. The van der Waals surface area contributed by atoms with Crippen molar-refractivity contribution in [2.45, 2.75) is 33.2 Å². The Kier molecular flexibility index (Phi) is 5.90. The second-order valence-electron chi connectivity index (χ2n) is 6.10. The van der Waals surface area contributed by atoms with Crippen LogP contribution < -0.4 is 15.4 Å². The molecule has 0 amide bonds. The average Bonchev–Trinajstić information content (AvgIpc) is 3.30. The second-order valence-corrected chi connectivity index (χ2v) is 6.10. The maximum atomic E-state index is 5.75. The Bertz CT molecular complexity index is 467. The molecule has 1 aliphatic rings. The zero-order valence-corrected chi connectivity index (χ0v) is 13.4. The number of hydrogen-bond donors (Lipinski definition) is 2. The van der Waals surface area contributed by atoms with Gasteiger partial charge < -0.3 is 15.4 Å². The van der Waals surface area contributed by atoms with Crippen LogP contribution in [0.3, 0.4) is 0 Å². The Balaban J connectivity index is 1.79. The van der Waals surface area contributed by atoms with Crippen LogP contribution >= 0.6 is 0 Å². The van der Waals surface area contributed by atoms with E-state index in [0.29, 0.717) is 5.92 Å². The lowest BCUT2D eigenvalue weighted by Gasteiger charge is -2.13. The summed E-state index contributed by atoms with van der Waals surface area (Å²) in [6.45, 7) is 6.84. The minimum absolute atomic E-state index is 0.539. The van der Waals surface area contributed by atoms with E-state index in [1.807, 2.05) is 19.2 Å². The number of benzene rings is 1. The molecule has 0 aromatic heterocycles. The van der Waals surface area contributed by atoms with Crippen LogP contribution in [0.4, 0.5) is 0 Å². The van der Waals surface area contributed by atoms with Gasteiger partial charge in [-0.2, -0.15) is 0 Å². The summed E-state index contributed by atoms with van der Waals surface area (Å²) < 4.78 is 5.75. The first-order valence-electron chi connectivity index (χ1n) is 7.83. The molecular weight excluding hydrogens is 262 g/mol. The molecule has 0 aliphatic heterocycles. The van der Waals surface area contributed by atoms with Crippen molar-refractivity contribution in [2.75, 3.05) is 20.2 Å². The molecule has 1 aromatic rings. The van der Waals surface area contributed by atoms with Gasteiger partial charge in [-0.3, -0.25) is 4.99 Å². The lowest BCUT2D eigenvalue weighted by molar-refractivity contribution is 0.271. The van der Waals surface area contributed by atoms with Crippen molar-refractivity contribution in [3.8, 4) is 5.75 Å². The fourth-order valence-electron chi connectivity index (χ4n) is 1.98. The molecule has 21 heavy (non-hydrogen) atoms. The summed E-state index contributed by atoms with van der Waals surface area (Å²) in [5, 5.41) is 6.71. The third-order valence-corrected chi connectivity index (χ3v) is 3.42. The molecule has 0 radical (unpaired) electrons. The number of rotatable bonds is 7. The third-order valence-electron chi connectivity index (χ3n) is 3.42. The summed E-state index contributed by atoms with van der Waals surface area (Å²) >= 11 is 0. The minimum Gasteiger partial charge on any atom is -0.493 e. The highest BCUT2D eigenvalue weighted by Gasteiger charge is 2.20. The molecule has 0 unspecified atom stereocenters. The Morgan fingerprint density at radius 3 is 2.81 bits per heavy atom. The number of nitrogens with zero attached hydrogens (tertiary/aromatic N) is 1. The first-order chi connectivity index (χ1) is 10.2. The molecular formula is C17H27N3O. The number of guanidine groups is 1. The lowest BCUT2D eigenvalue weighted by Crippen LogP contribution is -2.37. The van der Waals surface area contributed by atoms with Gasteiger partial charge in [0.2, 0.25) is 0 Å². The second kappa shape index (κ2) is 7.91. The van der Waals surface area contributed by atoms with Crippen molar-refractivity contribution in [2.24, 2.45) is 16.8 Å². The molecule has 0 bridgehead atoms. The molecule has 2 N–H and O–H groups in total. The summed E-state index contributed by atoms with van der Waals surface area (Å²) in [5.41, 5.74) is 1.20. The summed E-state index contributed by atoms with van der Waals surface area (Å²) in [6.07, 6.45) is 2.69. The van der Waals surface area contributed by atoms with Gasteiger partial charge in [-0.15, -0.1) is 0 Å². The molecule has 1 saturated carbocycles. The summed E-state index contributed by atoms with van der Waals surface area (Å²) in [6, 6.07) is 8.23. The zero-order chi connectivity index (χ0) is 15.1. The van der Waals surface area contributed by atoms with E-state index in [1.165, 1.54) is 18.4 Å². The molecule has 4 heteroatoms. The van der Waals surface area contributed by atoms with Gasteiger partial charge in [0, 0.05) is 20.1 Å². The van der Waals surface area contributed by atoms with Crippen LogP contribution in [-0.4, -0.2) is 26.2 Å². The van der Waals surface area contributed by atoms with E-state index in [4.69, 9.17) is 4.74 Å². The van der Waals surface area contributed by atoms with Crippen LogP contribution in [-0.2, 0) is 6.54 Å². The molecule has 1 fully saturated rings. The highest BCUT2D eigenvalue weighted by atomic mass is 16.5. The van der Waals surface area contributed by atoms with Crippen LogP contribution in [0, 0.1) is 11.8 Å². The standard InChI is InChI=1S/C17H27N3O/c1-13(2)12-21-16-6-4-5-15(9-16)11-20-17(18-3)19-10-14-7-8-14/h4-6,9,13-14H,7-8,10-12H2,1-3H3,(H2,18,19,20). The summed E-state index contributed by atoms with van der Waals surface area (Å²) in [5.74, 6) is 3.19. The Morgan fingerprint density at radius 1 is 1.33 bits per heavy atom. The molecule has 0 saturated heterocycles. The van der Waals surface area contributed by atoms with Gasteiger partial charge in [-0.05, 0) is 42.4 Å². The molecule has 2 rings (SSSR count). The van der Waals surface area contributed by atoms with E-state index in [0.717, 1.165) is 37.3 Å². The van der Waals surface area contributed by atoms with E-state index in [2.05, 4.69) is 41.6 Å². The van der Waals surface area contributed by atoms with Crippen molar-refractivity contribution in [3.63, 3.8) is 0 Å². The van der Waals surface area contributed by atoms with Gasteiger partial charge in [-0.25, -0.2) is 0 Å². The van der Waals surface area contributed by atoms with Crippen molar-refractivity contribution < 1.29 is 4.74 Å². The van der Waals surface area contributed by atoms with E-state index in [1.54, 1.807) is 0 Å². The van der Waals surface area contributed by atoms with Crippen LogP contribution in [0.5, 0.6) is 5.75 Å². The molecule has 0 atom stereocenters. The van der Waals surface area contributed by atoms with Crippen LogP contribution in [0.15, 0.2) is 29.3 Å². The van der Waals surface area contributed by atoms with E-state index in [9.17, 15) is 0 Å². The van der Waals surface area contributed by atoms with Gasteiger partial charge >= 0.3 is 0 Å². The van der Waals surface area contributed by atoms with Crippen molar-refractivity contribution in [1.29, 1.82) is 0 Å². The first-order valence-corrected chi connectivity index (χ1v) is 7.83. The summed E-state index contributed by atoms with van der Waals surface area (Å²) in [4.78, 5) is 4.25. The van der Waals surface area contributed by atoms with Crippen molar-refractivity contribution in [3.05, 3.63) is 29.8 Å². The highest BCUT2D eigenvalue weighted by Crippen LogP contribution is 2.27. The van der Waals surface area contributed by atoms with Gasteiger partial charge in [0.1, 0.15) is 5.75 Å². The predicted octanol–water partition coefficient (Wildman–Crippen LogP) is 2.80. The van der Waals surface area contributed by atoms with Crippen LogP contribution in [0.25, 0.3) is 0 Å². The Morgan fingerprint density at radius 2 is 2.14 bits per heavy atom. The topological polar surface area (TPSA) is 45.7 Å². The number of aliphatic imine (C=N–C) groups is 1. The van der Waals surface area contributed by atoms with Crippen LogP contribution in [0.2, 0.25) is 0 Å².